The molecule has 4 aromatic rings. The van der Waals surface area contributed by atoms with Crippen molar-refractivity contribution >= 4 is 55.7 Å². The number of rotatable bonds is 3. The van der Waals surface area contributed by atoms with Crippen molar-refractivity contribution in [3.63, 3.8) is 0 Å². The molecule has 2 heterocycles. The van der Waals surface area contributed by atoms with Gasteiger partial charge in [0.15, 0.2) is 5.13 Å². The van der Waals surface area contributed by atoms with E-state index >= 15 is 0 Å². The van der Waals surface area contributed by atoms with Crippen molar-refractivity contribution in [2.24, 2.45) is 0 Å². The molecule has 0 radical (unpaired) electrons. The lowest BCUT2D eigenvalue weighted by molar-refractivity contribution is -0.132. The smallest absolute Gasteiger partial charge is 0.301 e. The topological polar surface area (TPSA) is 70.5 Å². The van der Waals surface area contributed by atoms with Crippen LogP contribution in [0.3, 0.4) is 0 Å². The summed E-state index contributed by atoms with van der Waals surface area (Å²) in [4.78, 5) is 32.8. The molecular weight excluding hydrogens is 468 g/mol. The zero-order valence-electron chi connectivity index (χ0n) is 18.8. The average molecular weight is 489 g/mol. The number of nitrogens with zero attached hydrogens (tertiary/aromatic N) is 2. The van der Waals surface area contributed by atoms with Crippen LogP contribution in [0, 0.1) is 20.8 Å². The molecule has 1 saturated heterocycles. The van der Waals surface area contributed by atoms with E-state index in [1.807, 2.05) is 45.0 Å². The Morgan fingerprint density at radius 1 is 1.00 bits per heavy atom. The van der Waals surface area contributed by atoms with Crippen LogP contribution in [0.25, 0.3) is 16.0 Å². The molecule has 5 nitrogen and oxygen atoms in total. The number of aliphatic hydroxyl groups is 1. The Kier molecular flexibility index (Phi) is 5.50. The Balaban J connectivity index is 1.75. The molecule has 34 heavy (non-hydrogen) atoms. The Labute approximate surface area is 205 Å². The lowest BCUT2D eigenvalue weighted by Crippen LogP contribution is -2.29. The summed E-state index contributed by atoms with van der Waals surface area (Å²) >= 11 is 7.62. The van der Waals surface area contributed by atoms with Crippen LogP contribution in [0.1, 0.15) is 33.9 Å². The zero-order valence-corrected chi connectivity index (χ0v) is 20.4. The van der Waals surface area contributed by atoms with E-state index in [1.165, 1.54) is 16.2 Å². The first kappa shape index (κ1) is 22.3. The summed E-state index contributed by atoms with van der Waals surface area (Å²) in [5.74, 6) is -1.71. The normalized spacial score (nSPS) is 17.6. The first-order chi connectivity index (χ1) is 16.2. The van der Waals surface area contributed by atoms with E-state index in [4.69, 9.17) is 16.6 Å². The molecule has 5 rings (SSSR count). The number of fused-ring (bicyclic) bond motifs is 1. The van der Waals surface area contributed by atoms with Gasteiger partial charge in [0, 0.05) is 10.6 Å². The quantitative estimate of drug-likeness (QED) is 0.203. The highest BCUT2D eigenvalue weighted by molar-refractivity contribution is 7.22. The van der Waals surface area contributed by atoms with Gasteiger partial charge in [0.2, 0.25) is 0 Å². The van der Waals surface area contributed by atoms with E-state index in [-0.39, 0.29) is 11.3 Å². The van der Waals surface area contributed by atoms with Crippen molar-refractivity contribution in [2.75, 3.05) is 4.90 Å². The highest BCUT2D eigenvalue weighted by atomic mass is 35.5. The molecule has 0 aliphatic carbocycles. The van der Waals surface area contributed by atoms with Gasteiger partial charge in [0.25, 0.3) is 5.78 Å². The number of Topliss-reactive ketones (excluding diaryl/α,β-unsaturated/α-hetero) is 1. The Morgan fingerprint density at radius 3 is 2.44 bits per heavy atom. The van der Waals surface area contributed by atoms with Crippen LogP contribution in [-0.2, 0) is 9.59 Å². The second kappa shape index (κ2) is 8.38. The van der Waals surface area contributed by atoms with Crippen molar-refractivity contribution < 1.29 is 14.7 Å². The number of carbonyl (C=O) groups is 2. The molecule has 3 aromatic carbocycles. The fourth-order valence-corrected chi connectivity index (χ4v) is 5.72. The van der Waals surface area contributed by atoms with Crippen LogP contribution >= 0.6 is 22.9 Å². The number of hydrogen-bond acceptors (Lipinski definition) is 5. The van der Waals surface area contributed by atoms with Crippen molar-refractivity contribution in [1.82, 2.24) is 4.98 Å². The second-order valence-electron chi connectivity index (χ2n) is 8.52. The van der Waals surface area contributed by atoms with Gasteiger partial charge in [-0.25, -0.2) is 4.98 Å². The summed E-state index contributed by atoms with van der Waals surface area (Å²) < 4.78 is 0.928. The minimum atomic E-state index is -0.859. The van der Waals surface area contributed by atoms with Gasteiger partial charge in [-0.3, -0.25) is 14.5 Å². The third kappa shape index (κ3) is 3.69. The molecule has 1 N–H and O–H groups in total. The van der Waals surface area contributed by atoms with E-state index in [9.17, 15) is 14.7 Å². The number of amides is 1. The van der Waals surface area contributed by atoms with E-state index in [1.54, 1.807) is 36.4 Å². The number of hydrogen-bond donors (Lipinski definition) is 1. The number of carbonyl (C=O) groups excluding carboxylic acids is 2. The predicted molar refractivity (Wildman–Crippen MR) is 137 cm³/mol. The largest absolute Gasteiger partial charge is 0.507 e. The van der Waals surface area contributed by atoms with Gasteiger partial charge in [-0.15, -0.1) is 0 Å². The lowest BCUT2D eigenvalue weighted by Gasteiger charge is -2.23. The van der Waals surface area contributed by atoms with E-state index in [0.29, 0.717) is 21.3 Å². The van der Waals surface area contributed by atoms with Gasteiger partial charge in [-0.2, -0.15) is 0 Å². The SMILES string of the molecule is Cc1ccc(C(O)=C2C(=O)C(=O)N(c3nc4c(C)cc(C)cc4s3)C2c2cccc(Cl)c2)cc1. The van der Waals surface area contributed by atoms with Gasteiger partial charge in [-0.1, -0.05) is 71.0 Å². The maximum atomic E-state index is 13.4. The highest BCUT2D eigenvalue weighted by Gasteiger charge is 2.48. The molecule has 0 spiro atoms. The third-order valence-corrected chi connectivity index (χ3v) is 7.20. The fourth-order valence-electron chi connectivity index (χ4n) is 4.35. The highest BCUT2D eigenvalue weighted by Crippen LogP contribution is 2.45. The fraction of sp³-hybridized carbons (Fsp3) is 0.148. The van der Waals surface area contributed by atoms with Crippen molar-refractivity contribution in [2.45, 2.75) is 26.8 Å². The molecule has 1 unspecified atom stereocenters. The number of thiazole rings is 1. The van der Waals surface area contributed by atoms with Crippen LogP contribution < -0.4 is 4.90 Å². The molecule has 0 saturated carbocycles. The number of benzene rings is 3. The van der Waals surface area contributed by atoms with Crippen LogP contribution in [0.2, 0.25) is 5.02 Å². The Hall–Kier alpha value is -3.48. The predicted octanol–water partition coefficient (Wildman–Crippen LogP) is 6.50. The molecule has 1 atom stereocenters. The molecule has 1 aliphatic rings. The number of halogens is 1. The van der Waals surface area contributed by atoms with Gasteiger partial charge in [-0.05, 0) is 55.7 Å². The Bertz CT molecular complexity index is 1500. The van der Waals surface area contributed by atoms with Gasteiger partial charge >= 0.3 is 5.91 Å². The molecule has 170 valence electrons. The third-order valence-electron chi connectivity index (χ3n) is 5.96. The summed E-state index contributed by atoms with van der Waals surface area (Å²) in [7, 11) is 0. The monoisotopic (exact) mass is 488 g/mol. The average Bonchev–Trinajstić information content (AvgIpc) is 3.33. The van der Waals surface area contributed by atoms with E-state index < -0.39 is 17.7 Å². The standard InChI is InChI=1S/C27H21ClN2O3S/c1-14-7-9-17(10-8-14)24(31)21-23(18-5-4-6-19(28)13-18)30(26(33)25(21)32)27-29-22-16(3)11-15(2)12-20(22)34-27/h4-13,23,31H,1-3H3. The van der Waals surface area contributed by atoms with Gasteiger partial charge < -0.3 is 5.11 Å². The molecule has 1 fully saturated rings. The summed E-state index contributed by atoms with van der Waals surface area (Å²) in [6.45, 7) is 5.91. The minimum Gasteiger partial charge on any atom is -0.507 e. The van der Waals surface area contributed by atoms with E-state index in [0.717, 1.165) is 26.9 Å². The second-order valence-corrected chi connectivity index (χ2v) is 9.96. The van der Waals surface area contributed by atoms with Gasteiger partial charge in [0.1, 0.15) is 5.76 Å². The molecule has 1 aromatic heterocycles. The van der Waals surface area contributed by atoms with Crippen molar-refractivity contribution in [3.8, 4) is 0 Å². The lowest BCUT2D eigenvalue weighted by atomic mass is 9.95. The van der Waals surface area contributed by atoms with Crippen LogP contribution in [-0.4, -0.2) is 21.8 Å². The molecule has 1 amide bonds. The van der Waals surface area contributed by atoms with Gasteiger partial charge in [0.05, 0.1) is 21.8 Å². The maximum Gasteiger partial charge on any atom is 0.301 e. The summed E-state index contributed by atoms with van der Waals surface area (Å²) in [6, 6.07) is 17.3. The molecule has 7 heteroatoms. The van der Waals surface area contributed by atoms with Crippen molar-refractivity contribution in [1.29, 1.82) is 0 Å². The maximum absolute atomic E-state index is 13.4. The van der Waals surface area contributed by atoms with Crippen LogP contribution in [0.5, 0.6) is 0 Å². The first-order valence-electron chi connectivity index (χ1n) is 10.8. The first-order valence-corrected chi connectivity index (χ1v) is 12.0. The summed E-state index contributed by atoms with van der Waals surface area (Å²) in [5.41, 5.74) is 4.99. The minimum absolute atomic E-state index is 0.0169. The van der Waals surface area contributed by atoms with Crippen LogP contribution in [0.4, 0.5) is 5.13 Å². The van der Waals surface area contributed by atoms with Crippen LogP contribution in [0.15, 0.2) is 66.2 Å². The van der Waals surface area contributed by atoms with Crippen molar-refractivity contribution in [3.05, 3.63) is 99.1 Å². The summed E-state index contributed by atoms with van der Waals surface area (Å²) in [5, 5.41) is 12.1. The number of anilines is 1. The Morgan fingerprint density at radius 2 is 1.74 bits per heavy atom. The zero-order chi connectivity index (χ0) is 24.1. The number of aliphatic hydroxyl groups excluding tert-OH is 1. The summed E-state index contributed by atoms with van der Waals surface area (Å²) in [6.07, 6.45) is 0. The number of ketones is 1. The molecule has 1 aliphatic heterocycles. The van der Waals surface area contributed by atoms with E-state index in [2.05, 4.69) is 0 Å². The molecular formula is C27H21ClN2O3S. The number of aryl methyl sites for hydroxylation is 3. The molecule has 0 bridgehead atoms. The number of aromatic nitrogens is 1.